The largest absolute Gasteiger partial charge is 0.468 e. The molecule has 0 aliphatic carbocycles. The number of aliphatic hydroxyl groups is 1. The molecule has 3 aromatic rings. The predicted octanol–water partition coefficient (Wildman–Crippen LogP) is 3.54. The standard InChI is InChI=1S/C21H24ClN3O4/c1-14-6-15(2)25(23-14)11-17(26)10-24(12-18-4-3-5-27-18)9-16-7-20-21(8-19(16)22)29-13-28-20/h3-8,17,26H,9-13H2,1-2H3/t17-/m1/s1. The molecule has 29 heavy (non-hydrogen) atoms. The van der Waals surface area contributed by atoms with Crippen LogP contribution in [0.2, 0.25) is 5.02 Å². The predicted molar refractivity (Wildman–Crippen MR) is 108 cm³/mol. The van der Waals surface area contributed by atoms with Gasteiger partial charge in [0.15, 0.2) is 11.5 Å². The quantitative estimate of drug-likeness (QED) is 0.604. The van der Waals surface area contributed by atoms with Gasteiger partial charge in [0.1, 0.15) is 5.76 Å². The van der Waals surface area contributed by atoms with Gasteiger partial charge >= 0.3 is 0 Å². The summed E-state index contributed by atoms with van der Waals surface area (Å²) in [6.45, 7) is 6.07. The molecule has 1 N–H and O–H groups in total. The summed E-state index contributed by atoms with van der Waals surface area (Å²) in [4.78, 5) is 2.10. The van der Waals surface area contributed by atoms with Gasteiger partial charge in [0.05, 0.1) is 31.2 Å². The molecule has 1 aromatic carbocycles. The fourth-order valence-electron chi connectivity index (χ4n) is 3.54. The first-order valence-corrected chi connectivity index (χ1v) is 9.87. The Morgan fingerprint density at radius 3 is 2.69 bits per heavy atom. The summed E-state index contributed by atoms with van der Waals surface area (Å²) in [7, 11) is 0. The summed E-state index contributed by atoms with van der Waals surface area (Å²) < 4.78 is 18.2. The maximum atomic E-state index is 10.7. The minimum absolute atomic E-state index is 0.201. The van der Waals surface area contributed by atoms with E-state index in [-0.39, 0.29) is 6.79 Å². The van der Waals surface area contributed by atoms with Crippen molar-refractivity contribution in [1.29, 1.82) is 0 Å². The molecule has 7 nitrogen and oxygen atoms in total. The highest BCUT2D eigenvalue weighted by Crippen LogP contribution is 2.37. The Labute approximate surface area is 174 Å². The van der Waals surface area contributed by atoms with Gasteiger partial charge in [-0.2, -0.15) is 5.10 Å². The second kappa shape index (κ2) is 8.49. The zero-order chi connectivity index (χ0) is 20.4. The summed E-state index contributed by atoms with van der Waals surface area (Å²) in [6, 6.07) is 9.44. The Hall–Kier alpha value is -2.48. The Balaban J connectivity index is 1.49. The van der Waals surface area contributed by atoms with Crippen LogP contribution >= 0.6 is 11.6 Å². The lowest BCUT2D eigenvalue weighted by Gasteiger charge is -2.25. The van der Waals surface area contributed by atoms with E-state index in [0.717, 1.165) is 22.7 Å². The number of hydrogen-bond donors (Lipinski definition) is 1. The van der Waals surface area contributed by atoms with Crippen molar-refractivity contribution in [2.75, 3.05) is 13.3 Å². The third-order valence-corrected chi connectivity index (χ3v) is 5.20. The minimum Gasteiger partial charge on any atom is -0.468 e. The first kappa shape index (κ1) is 19.8. The number of aryl methyl sites for hydroxylation is 2. The van der Waals surface area contributed by atoms with Crippen molar-refractivity contribution in [3.63, 3.8) is 0 Å². The third-order valence-electron chi connectivity index (χ3n) is 4.85. The number of ether oxygens (including phenoxy) is 2. The fourth-order valence-corrected chi connectivity index (χ4v) is 3.76. The first-order valence-electron chi connectivity index (χ1n) is 9.50. The van der Waals surface area contributed by atoms with Crippen LogP contribution in [-0.2, 0) is 19.6 Å². The molecule has 3 heterocycles. The van der Waals surface area contributed by atoms with Gasteiger partial charge < -0.3 is 19.0 Å². The van der Waals surface area contributed by atoms with Crippen LogP contribution in [0.25, 0.3) is 0 Å². The maximum absolute atomic E-state index is 10.7. The van der Waals surface area contributed by atoms with Gasteiger partial charge in [-0.3, -0.25) is 9.58 Å². The van der Waals surface area contributed by atoms with Crippen molar-refractivity contribution < 1.29 is 19.0 Å². The van der Waals surface area contributed by atoms with Crippen LogP contribution in [0.5, 0.6) is 11.5 Å². The van der Waals surface area contributed by atoms with Gasteiger partial charge in [-0.25, -0.2) is 0 Å². The summed E-state index contributed by atoms with van der Waals surface area (Å²) >= 11 is 6.46. The van der Waals surface area contributed by atoms with Crippen LogP contribution < -0.4 is 9.47 Å². The van der Waals surface area contributed by atoms with Crippen molar-refractivity contribution in [1.82, 2.24) is 14.7 Å². The molecule has 0 amide bonds. The lowest BCUT2D eigenvalue weighted by atomic mass is 10.1. The molecule has 1 atom stereocenters. The van der Waals surface area contributed by atoms with E-state index in [1.54, 1.807) is 12.3 Å². The number of fused-ring (bicyclic) bond motifs is 1. The van der Waals surface area contributed by atoms with Crippen molar-refractivity contribution in [2.45, 2.75) is 39.6 Å². The van der Waals surface area contributed by atoms with Crippen LogP contribution in [0, 0.1) is 13.8 Å². The van der Waals surface area contributed by atoms with Gasteiger partial charge in [0, 0.05) is 29.9 Å². The van der Waals surface area contributed by atoms with E-state index in [1.165, 1.54) is 0 Å². The third kappa shape index (κ3) is 4.75. The zero-order valence-electron chi connectivity index (χ0n) is 16.5. The molecule has 0 spiro atoms. The molecule has 0 bridgehead atoms. The molecule has 0 saturated carbocycles. The molecule has 0 unspecified atom stereocenters. The van der Waals surface area contributed by atoms with E-state index in [9.17, 15) is 5.11 Å². The molecule has 154 valence electrons. The monoisotopic (exact) mass is 417 g/mol. The number of aromatic nitrogens is 2. The fraction of sp³-hybridized carbons (Fsp3) is 0.381. The lowest BCUT2D eigenvalue weighted by molar-refractivity contribution is 0.0839. The highest BCUT2D eigenvalue weighted by atomic mass is 35.5. The van der Waals surface area contributed by atoms with E-state index in [1.807, 2.05) is 42.8 Å². The van der Waals surface area contributed by atoms with Crippen molar-refractivity contribution >= 4 is 11.6 Å². The van der Waals surface area contributed by atoms with Gasteiger partial charge in [0.25, 0.3) is 0 Å². The number of furan rings is 1. The second-order valence-electron chi connectivity index (χ2n) is 7.31. The Morgan fingerprint density at radius 1 is 1.21 bits per heavy atom. The highest BCUT2D eigenvalue weighted by Gasteiger charge is 2.20. The average molecular weight is 418 g/mol. The Morgan fingerprint density at radius 2 is 2.00 bits per heavy atom. The van der Waals surface area contributed by atoms with Crippen molar-refractivity contribution in [3.8, 4) is 11.5 Å². The van der Waals surface area contributed by atoms with Crippen molar-refractivity contribution in [3.05, 3.63) is 64.3 Å². The van der Waals surface area contributed by atoms with Crippen LogP contribution in [0.3, 0.4) is 0 Å². The summed E-state index contributed by atoms with van der Waals surface area (Å²) in [5.74, 6) is 2.16. The number of halogens is 1. The molecule has 1 aliphatic heterocycles. The van der Waals surface area contributed by atoms with Crippen LogP contribution in [0.15, 0.2) is 41.0 Å². The van der Waals surface area contributed by atoms with Gasteiger partial charge in [-0.15, -0.1) is 0 Å². The van der Waals surface area contributed by atoms with Crippen LogP contribution in [0.1, 0.15) is 22.7 Å². The lowest BCUT2D eigenvalue weighted by Crippen LogP contribution is -2.34. The molecule has 2 aromatic heterocycles. The molecule has 8 heteroatoms. The molecular formula is C21H24ClN3O4. The summed E-state index contributed by atoms with van der Waals surface area (Å²) in [5, 5.41) is 15.8. The molecular weight excluding hydrogens is 394 g/mol. The molecule has 0 fully saturated rings. The Bertz CT molecular complexity index is 971. The topological polar surface area (TPSA) is 72.9 Å². The number of rotatable bonds is 8. The van der Waals surface area contributed by atoms with E-state index < -0.39 is 6.10 Å². The summed E-state index contributed by atoms with van der Waals surface area (Å²) in [5.41, 5.74) is 2.87. The minimum atomic E-state index is -0.601. The number of hydrogen-bond acceptors (Lipinski definition) is 6. The molecule has 0 radical (unpaired) electrons. The van der Waals surface area contributed by atoms with Crippen molar-refractivity contribution in [2.24, 2.45) is 0 Å². The number of aliphatic hydroxyl groups excluding tert-OH is 1. The SMILES string of the molecule is Cc1cc(C)n(C[C@H](O)CN(Cc2ccco2)Cc2cc3c(cc2Cl)OCO3)n1. The van der Waals surface area contributed by atoms with E-state index in [2.05, 4.69) is 10.00 Å². The number of nitrogens with zero attached hydrogens (tertiary/aromatic N) is 3. The second-order valence-corrected chi connectivity index (χ2v) is 7.72. The zero-order valence-corrected chi connectivity index (χ0v) is 17.2. The maximum Gasteiger partial charge on any atom is 0.231 e. The molecule has 4 rings (SSSR count). The van der Waals surface area contributed by atoms with E-state index >= 15 is 0 Å². The molecule has 1 aliphatic rings. The first-order chi connectivity index (χ1) is 14.0. The number of benzene rings is 1. The van der Waals surface area contributed by atoms with Gasteiger partial charge in [0.2, 0.25) is 6.79 Å². The van der Waals surface area contributed by atoms with E-state index in [4.69, 9.17) is 25.5 Å². The van der Waals surface area contributed by atoms with Gasteiger partial charge in [-0.05, 0) is 43.7 Å². The van der Waals surface area contributed by atoms with E-state index in [0.29, 0.717) is 42.7 Å². The Kier molecular flexibility index (Phi) is 5.80. The average Bonchev–Trinajstić information content (AvgIpc) is 3.38. The normalized spacial score (nSPS) is 14.0. The summed E-state index contributed by atoms with van der Waals surface area (Å²) in [6.07, 6.45) is 1.05. The molecule has 0 saturated heterocycles. The van der Waals surface area contributed by atoms with Crippen LogP contribution in [-0.4, -0.2) is 39.2 Å². The highest BCUT2D eigenvalue weighted by molar-refractivity contribution is 6.31. The smallest absolute Gasteiger partial charge is 0.231 e. The van der Waals surface area contributed by atoms with Crippen LogP contribution in [0.4, 0.5) is 0 Å². The van der Waals surface area contributed by atoms with Gasteiger partial charge in [-0.1, -0.05) is 11.6 Å².